The highest BCUT2D eigenvalue weighted by atomic mass is 16.8. The van der Waals surface area contributed by atoms with Crippen molar-refractivity contribution in [3.8, 4) is 0 Å². The van der Waals surface area contributed by atoms with Crippen molar-refractivity contribution >= 4 is 0 Å². The molecular weight excluding hydrogens is 164 g/mol. The van der Waals surface area contributed by atoms with E-state index < -0.39 is 0 Å². The van der Waals surface area contributed by atoms with Crippen LogP contribution in [0.25, 0.3) is 0 Å². The molecule has 0 aromatic carbocycles. The molecule has 0 unspecified atom stereocenters. The Hall–Kier alpha value is -1.52. The first-order chi connectivity index (χ1) is 5.81. The first-order valence-corrected chi connectivity index (χ1v) is 3.22. The molecule has 0 spiro atoms. The van der Waals surface area contributed by atoms with Gasteiger partial charge in [0.25, 0.3) is 0 Å². The van der Waals surface area contributed by atoms with Crippen LogP contribution in [0.15, 0.2) is 24.1 Å². The van der Waals surface area contributed by atoms with Crippen molar-refractivity contribution in [3.63, 3.8) is 0 Å². The van der Waals surface area contributed by atoms with Gasteiger partial charge < -0.3 is 23.7 Å². The summed E-state index contributed by atoms with van der Waals surface area (Å²) < 4.78 is 24.4. The van der Waals surface area contributed by atoms with E-state index in [1.165, 1.54) is 27.6 Å². The normalized spacial score (nSPS) is 15.8. The van der Waals surface area contributed by atoms with E-state index >= 15 is 0 Å². The van der Waals surface area contributed by atoms with E-state index in [0.29, 0.717) is 0 Å². The second kappa shape index (κ2) is 3.75. The zero-order valence-corrected chi connectivity index (χ0v) is 7.12. The number of hydrogen-bond donors (Lipinski definition) is 0. The summed E-state index contributed by atoms with van der Waals surface area (Å²) in [5, 5.41) is 0. The molecule has 0 saturated heterocycles. The first-order valence-electron chi connectivity index (χ1n) is 3.22. The molecule has 0 aromatic rings. The van der Waals surface area contributed by atoms with E-state index in [1.54, 1.807) is 0 Å². The Labute approximate surface area is 70.1 Å². The van der Waals surface area contributed by atoms with Crippen LogP contribution in [0.1, 0.15) is 0 Å². The molecule has 0 atom stereocenters. The average molecular weight is 174 g/mol. The molecule has 1 rings (SSSR count). The molecule has 1 aliphatic heterocycles. The SMILES string of the molecule is COC1=COC(OC)=C(OC)O1. The summed E-state index contributed by atoms with van der Waals surface area (Å²) in [6, 6.07) is 0. The van der Waals surface area contributed by atoms with Gasteiger partial charge in [0, 0.05) is 0 Å². The van der Waals surface area contributed by atoms with E-state index in [0.717, 1.165) is 0 Å². The minimum absolute atomic E-state index is 0.136. The summed E-state index contributed by atoms with van der Waals surface area (Å²) >= 11 is 0. The van der Waals surface area contributed by atoms with Gasteiger partial charge in [-0.15, -0.1) is 0 Å². The molecule has 1 heterocycles. The quantitative estimate of drug-likeness (QED) is 0.636. The maximum atomic E-state index is 5.03. The van der Waals surface area contributed by atoms with Gasteiger partial charge in [0.2, 0.25) is 0 Å². The highest BCUT2D eigenvalue weighted by Gasteiger charge is 2.19. The van der Waals surface area contributed by atoms with Crippen LogP contribution in [0.3, 0.4) is 0 Å². The van der Waals surface area contributed by atoms with Crippen molar-refractivity contribution in [2.24, 2.45) is 0 Å². The monoisotopic (exact) mass is 174 g/mol. The summed E-state index contributed by atoms with van der Waals surface area (Å²) in [4.78, 5) is 0. The Morgan fingerprint density at radius 1 is 1.00 bits per heavy atom. The Bertz CT molecular complexity index is 218. The Morgan fingerprint density at radius 3 is 2.17 bits per heavy atom. The van der Waals surface area contributed by atoms with Crippen LogP contribution in [-0.4, -0.2) is 21.3 Å². The third-order valence-corrected chi connectivity index (χ3v) is 1.19. The minimum Gasteiger partial charge on any atom is -0.466 e. The van der Waals surface area contributed by atoms with Crippen LogP contribution in [-0.2, 0) is 23.7 Å². The van der Waals surface area contributed by atoms with Gasteiger partial charge in [-0.05, 0) is 0 Å². The van der Waals surface area contributed by atoms with Crippen LogP contribution < -0.4 is 0 Å². The molecule has 5 nitrogen and oxygen atoms in total. The smallest absolute Gasteiger partial charge is 0.372 e. The highest BCUT2D eigenvalue weighted by Crippen LogP contribution is 2.20. The zero-order chi connectivity index (χ0) is 8.97. The number of methoxy groups -OCH3 is 3. The van der Waals surface area contributed by atoms with Gasteiger partial charge in [0.05, 0.1) is 21.3 Å². The highest BCUT2D eigenvalue weighted by molar-refractivity contribution is 4.97. The van der Waals surface area contributed by atoms with Crippen molar-refractivity contribution in [2.45, 2.75) is 0 Å². The molecule has 1 aliphatic rings. The first kappa shape index (κ1) is 8.58. The minimum atomic E-state index is 0.136. The molecule has 0 N–H and O–H groups in total. The average Bonchev–Trinajstić information content (AvgIpc) is 2.16. The van der Waals surface area contributed by atoms with Gasteiger partial charge in [-0.1, -0.05) is 0 Å². The van der Waals surface area contributed by atoms with Gasteiger partial charge in [0.15, 0.2) is 6.26 Å². The van der Waals surface area contributed by atoms with Crippen LogP contribution >= 0.6 is 0 Å². The van der Waals surface area contributed by atoms with Gasteiger partial charge in [0.1, 0.15) is 0 Å². The third kappa shape index (κ3) is 1.55. The zero-order valence-electron chi connectivity index (χ0n) is 7.12. The van der Waals surface area contributed by atoms with Crippen molar-refractivity contribution < 1.29 is 23.7 Å². The maximum absolute atomic E-state index is 5.03. The lowest BCUT2D eigenvalue weighted by molar-refractivity contribution is -0.0462. The molecule has 0 radical (unpaired) electrons. The molecule has 5 heteroatoms. The van der Waals surface area contributed by atoms with Gasteiger partial charge in [-0.2, -0.15) is 0 Å². The fraction of sp³-hybridized carbons (Fsp3) is 0.429. The Kier molecular flexibility index (Phi) is 2.68. The van der Waals surface area contributed by atoms with Gasteiger partial charge in [-0.3, -0.25) is 0 Å². The molecule has 68 valence electrons. The Balaban J connectivity index is 2.68. The van der Waals surface area contributed by atoms with Gasteiger partial charge in [-0.25, -0.2) is 0 Å². The predicted molar refractivity (Wildman–Crippen MR) is 38.3 cm³/mol. The van der Waals surface area contributed by atoms with Crippen molar-refractivity contribution in [3.05, 3.63) is 24.1 Å². The van der Waals surface area contributed by atoms with Crippen LogP contribution in [0.4, 0.5) is 0 Å². The summed E-state index contributed by atoms with van der Waals surface area (Å²) in [5.74, 6) is 0.516. The summed E-state index contributed by atoms with van der Waals surface area (Å²) in [6.45, 7) is 0. The summed E-state index contributed by atoms with van der Waals surface area (Å²) in [6.07, 6.45) is 1.28. The van der Waals surface area contributed by atoms with Gasteiger partial charge >= 0.3 is 17.8 Å². The molecule has 0 bridgehead atoms. The number of ether oxygens (including phenoxy) is 5. The van der Waals surface area contributed by atoms with Crippen LogP contribution in [0.2, 0.25) is 0 Å². The molecular formula is C7H10O5. The van der Waals surface area contributed by atoms with Crippen LogP contribution in [0, 0.1) is 0 Å². The van der Waals surface area contributed by atoms with Crippen LogP contribution in [0.5, 0.6) is 0 Å². The second-order valence-corrected chi connectivity index (χ2v) is 1.84. The lowest BCUT2D eigenvalue weighted by Gasteiger charge is -2.16. The summed E-state index contributed by atoms with van der Waals surface area (Å²) in [7, 11) is 4.35. The van der Waals surface area contributed by atoms with E-state index in [-0.39, 0.29) is 17.8 Å². The van der Waals surface area contributed by atoms with E-state index in [2.05, 4.69) is 0 Å². The van der Waals surface area contributed by atoms with Crippen molar-refractivity contribution in [1.82, 2.24) is 0 Å². The number of hydrogen-bond acceptors (Lipinski definition) is 5. The summed E-state index contributed by atoms with van der Waals surface area (Å²) in [5.41, 5.74) is 0. The topological polar surface area (TPSA) is 46.2 Å². The van der Waals surface area contributed by atoms with E-state index in [1.807, 2.05) is 0 Å². The predicted octanol–water partition coefficient (Wildman–Crippen LogP) is 0.898. The lowest BCUT2D eigenvalue weighted by Crippen LogP contribution is -2.09. The Morgan fingerprint density at radius 2 is 1.67 bits per heavy atom. The standard InChI is InChI=1S/C7H10O5/c1-8-5-4-11-6(9-2)7(10-3)12-5/h4H,1-3H3. The number of rotatable bonds is 3. The van der Waals surface area contributed by atoms with E-state index in [4.69, 9.17) is 23.7 Å². The second-order valence-electron chi connectivity index (χ2n) is 1.84. The molecule has 0 aromatic heterocycles. The largest absolute Gasteiger partial charge is 0.466 e. The molecule has 0 aliphatic carbocycles. The third-order valence-electron chi connectivity index (χ3n) is 1.19. The van der Waals surface area contributed by atoms with E-state index in [9.17, 15) is 0 Å². The fourth-order valence-corrected chi connectivity index (χ4v) is 0.653. The van der Waals surface area contributed by atoms with Crippen molar-refractivity contribution in [2.75, 3.05) is 21.3 Å². The van der Waals surface area contributed by atoms with Crippen molar-refractivity contribution in [1.29, 1.82) is 0 Å². The molecule has 0 amide bonds. The molecule has 0 fully saturated rings. The fourth-order valence-electron chi connectivity index (χ4n) is 0.653. The lowest BCUT2D eigenvalue weighted by atomic mass is 10.7. The molecule has 12 heavy (non-hydrogen) atoms. The molecule has 0 saturated carbocycles. The maximum Gasteiger partial charge on any atom is 0.372 e.